The maximum Gasteiger partial charge on any atom is 0.220 e. The summed E-state index contributed by atoms with van der Waals surface area (Å²) in [6.45, 7) is 2.35. The van der Waals surface area contributed by atoms with Gasteiger partial charge in [0.2, 0.25) is 5.91 Å². The SMILES string of the molecule is CN(C)CCCOc1ccc(CNC(=O)CC2CC3CCC(C2)N3)cc1.Cl.Cl. The number of piperidine rings is 1. The van der Waals surface area contributed by atoms with Crippen LogP contribution in [0.3, 0.4) is 0 Å². The highest BCUT2D eigenvalue weighted by Crippen LogP contribution is 2.32. The number of halogens is 2. The number of rotatable bonds is 9. The van der Waals surface area contributed by atoms with Crippen LogP contribution in [0.4, 0.5) is 0 Å². The predicted octanol–water partition coefficient (Wildman–Crippen LogP) is 3.40. The van der Waals surface area contributed by atoms with Crippen molar-refractivity contribution in [2.45, 2.75) is 57.2 Å². The molecule has 7 heteroatoms. The second-order valence-corrected chi connectivity index (χ2v) is 8.11. The summed E-state index contributed by atoms with van der Waals surface area (Å²) in [4.78, 5) is 14.4. The molecule has 2 bridgehead atoms. The molecule has 0 aliphatic carbocycles. The molecule has 2 atom stereocenters. The van der Waals surface area contributed by atoms with Crippen LogP contribution in [0.1, 0.15) is 44.1 Å². The molecule has 28 heavy (non-hydrogen) atoms. The maximum absolute atomic E-state index is 12.3. The molecule has 2 fully saturated rings. The van der Waals surface area contributed by atoms with Crippen LogP contribution in [0.15, 0.2) is 24.3 Å². The number of hydrogen-bond donors (Lipinski definition) is 2. The molecular formula is C21H35Cl2N3O2. The summed E-state index contributed by atoms with van der Waals surface area (Å²) in [5.41, 5.74) is 1.12. The third-order valence-electron chi connectivity index (χ3n) is 5.48. The number of ether oxygens (including phenoxy) is 1. The van der Waals surface area contributed by atoms with E-state index in [9.17, 15) is 4.79 Å². The van der Waals surface area contributed by atoms with E-state index in [1.54, 1.807) is 0 Å². The lowest BCUT2D eigenvalue weighted by Gasteiger charge is -2.28. The van der Waals surface area contributed by atoms with Crippen LogP contribution in [0.5, 0.6) is 5.75 Å². The molecule has 160 valence electrons. The molecule has 1 aromatic rings. The van der Waals surface area contributed by atoms with Crippen LogP contribution < -0.4 is 15.4 Å². The van der Waals surface area contributed by atoms with Crippen molar-refractivity contribution in [3.05, 3.63) is 29.8 Å². The molecule has 2 unspecified atom stereocenters. The van der Waals surface area contributed by atoms with Gasteiger partial charge in [-0.3, -0.25) is 4.79 Å². The molecule has 2 heterocycles. The van der Waals surface area contributed by atoms with Crippen molar-refractivity contribution in [1.29, 1.82) is 0 Å². The fourth-order valence-electron chi connectivity index (χ4n) is 4.15. The second kappa shape index (κ2) is 12.5. The van der Waals surface area contributed by atoms with Crippen molar-refractivity contribution in [1.82, 2.24) is 15.5 Å². The van der Waals surface area contributed by atoms with Gasteiger partial charge in [-0.1, -0.05) is 12.1 Å². The highest BCUT2D eigenvalue weighted by atomic mass is 35.5. The molecule has 5 nitrogen and oxygen atoms in total. The third kappa shape index (κ3) is 8.16. The Morgan fingerprint density at radius 2 is 1.79 bits per heavy atom. The average molecular weight is 432 g/mol. The number of hydrogen-bond acceptors (Lipinski definition) is 4. The summed E-state index contributed by atoms with van der Waals surface area (Å²) >= 11 is 0. The van der Waals surface area contributed by atoms with Crippen molar-refractivity contribution >= 4 is 30.7 Å². The zero-order valence-electron chi connectivity index (χ0n) is 17.0. The molecular weight excluding hydrogens is 397 g/mol. The molecule has 0 aromatic heterocycles. The minimum atomic E-state index is 0. The monoisotopic (exact) mass is 431 g/mol. The molecule has 0 saturated carbocycles. The third-order valence-corrected chi connectivity index (χ3v) is 5.48. The lowest BCUT2D eigenvalue weighted by Crippen LogP contribution is -2.39. The van der Waals surface area contributed by atoms with Gasteiger partial charge in [0, 0.05) is 31.6 Å². The van der Waals surface area contributed by atoms with Crippen molar-refractivity contribution in [2.75, 3.05) is 27.2 Å². The lowest BCUT2D eigenvalue weighted by atomic mass is 9.89. The van der Waals surface area contributed by atoms with E-state index in [0.717, 1.165) is 43.7 Å². The van der Waals surface area contributed by atoms with Crippen LogP contribution in [0, 0.1) is 5.92 Å². The summed E-state index contributed by atoms with van der Waals surface area (Å²) < 4.78 is 5.74. The Bertz CT molecular complexity index is 572. The van der Waals surface area contributed by atoms with Crippen molar-refractivity contribution < 1.29 is 9.53 Å². The van der Waals surface area contributed by atoms with Gasteiger partial charge in [0.25, 0.3) is 0 Å². The van der Waals surface area contributed by atoms with Gasteiger partial charge in [-0.2, -0.15) is 0 Å². The first-order valence-corrected chi connectivity index (χ1v) is 9.97. The van der Waals surface area contributed by atoms with Gasteiger partial charge in [-0.15, -0.1) is 24.8 Å². The fraction of sp³-hybridized carbons (Fsp3) is 0.667. The number of carbonyl (C=O) groups excluding carboxylic acids is 1. The van der Waals surface area contributed by atoms with Crippen LogP contribution >= 0.6 is 24.8 Å². The molecule has 0 radical (unpaired) electrons. The van der Waals surface area contributed by atoms with Crippen molar-refractivity contribution in [2.24, 2.45) is 5.92 Å². The smallest absolute Gasteiger partial charge is 0.220 e. The van der Waals surface area contributed by atoms with E-state index < -0.39 is 0 Å². The minimum Gasteiger partial charge on any atom is -0.494 e. The Labute approximate surface area is 181 Å². The summed E-state index contributed by atoms with van der Waals surface area (Å²) in [6, 6.07) is 9.34. The summed E-state index contributed by atoms with van der Waals surface area (Å²) in [5, 5.41) is 6.71. The topological polar surface area (TPSA) is 53.6 Å². The Hall–Kier alpha value is -1.01. The van der Waals surface area contributed by atoms with Crippen LogP contribution in [0.25, 0.3) is 0 Å². The number of carbonyl (C=O) groups is 1. The lowest BCUT2D eigenvalue weighted by molar-refractivity contribution is -0.122. The van der Waals surface area contributed by atoms with Crippen molar-refractivity contribution in [3.63, 3.8) is 0 Å². The summed E-state index contributed by atoms with van der Waals surface area (Å²) in [5.74, 6) is 1.62. The van der Waals surface area contributed by atoms with E-state index in [-0.39, 0.29) is 30.7 Å². The highest BCUT2D eigenvalue weighted by molar-refractivity contribution is 5.85. The first-order chi connectivity index (χ1) is 12.6. The Kier molecular flexibility index (Phi) is 11.2. The molecule has 3 rings (SSSR count). The minimum absolute atomic E-state index is 0. The second-order valence-electron chi connectivity index (χ2n) is 8.11. The molecule has 1 amide bonds. The Balaban J connectivity index is 0.00000196. The van der Waals surface area contributed by atoms with Gasteiger partial charge in [0.1, 0.15) is 5.75 Å². The molecule has 1 aromatic carbocycles. The highest BCUT2D eigenvalue weighted by Gasteiger charge is 2.34. The number of nitrogens with one attached hydrogen (secondary N) is 2. The standard InChI is InChI=1S/C21H33N3O2.2ClH/c1-24(2)10-3-11-26-20-8-4-16(5-9-20)15-22-21(25)14-17-12-18-6-7-19(13-17)23-18;;/h4-5,8-9,17-19,23H,3,6-7,10-15H2,1-2H3,(H,22,25);2*1H. The number of fused-ring (bicyclic) bond motifs is 2. The number of nitrogens with zero attached hydrogens (tertiary/aromatic N) is 1. The van der Waals surface area contributed by atoms with E-state index in [1.165, 1.54) is 12.8 Å². The van der Waals surface area contributed by atoms with Gasteiger partial charge < -0.3 is 20.3 Å². The van der Waals surface area contributed by atoms with Crippen LogP contribution in [-0.2, 0) is 11.3 Å². The normalized spacial score (nSPS) is 22.9. The Morgan fingerprint density at radius 3 is 2.39 bits per heavy atom. The zero-order valence-corrected chi connectivity index (χ0v) is 18.6. The maximum atomic E-state index is 12.3. The van der Waals surface area contributed by atoms with Crippen molar-refractivity contribution in [3.8, 4) is 5.75 Å². The predicted molar refractivity (Wildman–Crippen MR) is 119 cm³/mol. The fourth-order valence-corrected chi connectivity index (χ4v) is 4.15. The van der Waals surface area contributed by atoms with E-state index in [0.29, 0.717) is 31.0 Å². The van der Waals surface area contributed by atoms with Gasteiger partial charge in [0.05, 0.1) is 6.61 Å². The largest absolute Gasteiger partial charge is 0.494 e. The zero-order chi connectivity index (χ0) is 18.4. The van der Waals surface area contributed by atoms with Gasteiger partial charge in [0.15, 0.2) is 0 Å². The van der Waals surface area contributed by atoms with E-state index >= 15 is 0 Å². The Morgan fingerprint density at radius 1 is 1.14 bits per heavy atom. The average Bonchev–Trinajstić information content (AvgIpc) is 2.96. The summed E-state index contributed by atoms with van der Waals surface area (Å²) in [7, 11) is 4.14. The molecule has 0 spiro atoms. The van der Waals surface area contributed by atoms with E-state index in [4.69, 9.17) is 4.74 Å². The van der Waals surface area contributed by atoms with Gasteiger partial charge in [-0.05, 0) is 69.8 Å². The van der Waals surface area contributed by atoms with Crippen LogP contribution in [-0.4, -0.2) is 50.1 Å². The molecule has 2 aliphatic heterocycles. The summed E-state index contributed by atoms with van der Waals surface area (Å²) in [6.07, 6.45) is 6.57. The molecule has 2 saturated heterocycles. The number of amides is 1. The van der Waals surface area contributed by atoms with Gasteiger partial charge >= 0.3 is 0 Å². The molecule has 2 aliphatic rings. The number of benzene rings is 1. The quantitative estimate of drug-likeness (QED) is 0.588. The van der Waals surface area contributed by atoms with Crippen LogP contribution in [0.2, 0.25) is 0 Å². The molecule has 2 N–H and O–H groups in total. The van der Waals surface area contributed by atoms with E-state index in [2.05, 4.69) is 29.6 Å². The van der Waals surface area contributed by atoms with Gasteiger partial charge in [-0.25, -0.2) is 0 Å². The first kappa shape index (κ1) is 25.0. The first-order valence-electron chi connectivity index (χ1n) is 9.97. The van der Waals surface area contributed by atoms with E-state index in [1.807, 2.05) is 24.3 Å².